The van der Waals surface area contributed by atoms with Crippen molar-refractivity contribution in [2.24, 2.45) is 0 Å². The summed E-state index contributed by atoms with van der Waals surface area (Å²) in [6.07, 6.45) is 5.66. The van der Waals surface area contributed by atoms with E-state index in [1.54, 1.807) is 23.1 Å². The molecular weight excluding hydrogens is 437 g/mol. The van der Waals surface area contributed by atoms with Gasteiger partial charge in [-0.05, 0) is 18.1 Å². The number of aromatic hydroxyl groups is 1. The first-order valence-electron chi connectivity index (χ1n) is 10.7. The highest BCUT2D eigenvalue weighted by Gasteiger charge is 2.37. The lowest BCUT2D eigenvalue weighted by atomic mass is 9.96. The Morgan fingerprint density at radius 1 is 1.00 bits per heavy atom. The zero-order valence-corrected chi connectivity index (χ0v) is 17.7. The van der Waals surface area contributed by atoms with Crippen LogP contribution in [-0.4, -0.2) is 40.4 Å². The Kier molecular flexibility index (Phi) is 6.40. The maximum atomic E-state index is 15.0. The average Bonchev–Trinajstić information content (AvgIpc) is 2.81. The van der Waals surface area contributed by atoms with E-state index in [1.807, 2.05) is 41.4 Å². The number of pyridine rings is 1. The number of ether oxygens (including phenoxy) is 1. The molecular formula is C26H26FN3O4. The highest BCUT2D eigenvalue weighted by molar-refractivity contribution is 5.96. The Bertz CT molecular complexity index is 1290. The first kappa shape index (κ1) is 23.1. The zero-order valence-electron chi connectivity index (χ0n) is 17.7. The lowest BCUT2D eigenvalue weighted by molar-refractivity contribution is 0.0682. The van der Waals surface area contributed by atoms with Crippen LogP contribution in [0, 0.1) is 5.82 Å². The van der Waals surface area contributed by atoms with Gasteiger partial charge >= 0.3 is 0 Å². The van der Waals surface area contributed by atoms with Gasteiger partial charge < -0.3 is 14.7 Å². The van der Waals surface area contributed by atoms with Crippen LogP contribution in [0.25, 0.3) is 0 Å². The SMILES string of the molecule is C.O=C1c2c(O)c(=O)ccn2N2CN1CCC=CCOc1c(F)cccc1[C@@H]2c1ccccc1. The number of hydrogen-bond acceptors (Lipinski definition) is 5. The van der Waals surface area contributed by atoms with E-state index < -0.39 is 28.9 Å². The van der Waals surface area contributed by atoms with Gasteiger partial charge in [-0.1, -0.05) is 62.0 Å². The van der Waals surface area contributed by atoms with Crippen LogP contribution >= 0.6 is 0 Å². The summed E-state index contributed by atoms with van der Waals surface area (Å²) in [4.78, 5) is 27.0. The number of aromatic nitrogens is 1. The average molecular weight is 464 g/mol. The van der Waals surface area contributed by atoms with Gasteiger partial charge in [0.05, 0.1) is 0 Å². The molecule has 34 heavy (non-hydrogen) atoms. The van der Waals surface area contributed by atoms with Crippen molar-refractivity contribution in [3.8, 4) is 11.5 Å². The lowest BCUT2D eigenvalue weighted by Gasteiger charge is -2.44. The van der Waals surface area contributed by atoms with E-state index in [0.717, 1.165) is 5.56 Å². The number of carbonyl (C=O) groups is 1. The van der Waals surface area contributed by atoms with Gasteiger partial charge in [0.15, 0.2) is 23.0 Å². The maximum Gasteiger partial charge on any atom is 0.277 e. The molecule has 0 aliphatic carbocycles. The van der Waals surface area contributed by atoms with Gasteiger partial charge in [0.2, 0.25) is 5.43 Å². The van der Waals surface area contributed by atoms with Crippen LogP contribution in [0.2, 0.25) is 0 Å². The Hall–Kier alpha value is -4.07. The van der Waals surface area contributed by atoms with Gasteiger partial charge in [-0.2, -0.15) is 0 Å². The summed E-state index contributed by atoms with van der Waals surface area (Å²) < 4.78 is 22.3. The van der Waals surface area contributed by atoms with Crippen molar-refractivity contribution in [2.75, 3.05) is 24.8 Å². The van der Waals surface area contributed by atoms with E-state index >= 15 is 0 Å². The highest BCUT2D eigenvalue weighted by atomic mass is 19.1. The summed E-state index contributed by atoms with van der Waals surface area (Å²) in [5.74, 6) is -1.42. The van der Waals surface area contributed by atoms with Crippen molar-refractivity contribution in [2.45, 2.75) is 19.9 Å². The Morgan fingerprint density at radius 2 is 1.79 bits per heavy atom. The van der Waals surface area contributed by atoms with Crippen LogP contribution in [0.5, 0.6) is 11.5 Å². The van der Waals surface area contributed by atoms with Gasteiger partial charge in [-0.25, -0.2) is 4.39 Å². The molecule has 3 aromatic rings. The molecule has 3 heterocycles. The zero-order chi connectivity index (χ0) is 22.9. The summed E-state index contributed by atoms with van der Waals surface area (Å²) in [5, 5.41) is 12.4. The van der Waals surface area contributed by atoms with E-state index in [0.29, 0.717) is 18.5 Å². The molecule has 1 amide bonds. The number of fused-ring (bicyclic) bond motifs is 5. The molecule has 5 rings (SSSR count). The monoisotopic (exact) mass is 463 g/mol. The molecule has 0 saturated heterocycles. The summed E-state index contributed by atoms with van der Waals surface area (Å²) in [6.45, 7) is 0.733. The topological polar surface area (TPSA) is 75.0 Å². The minimum Gasteiger partial charge on any atom is -0.502 e. The van der Waals surface area contributed by atoms with Gasteiger partial charge in [-0.3, -0.25) is 19.3 Å². The van der Waals surface area contributed by atoms with Crippen molar-refractivity contribution in [3.05, 3.63) is 106 Å². The van der Waals surface area contributed by atoms with Gasteiger partial charge in [0.1, 0.15) is 19.3 Å². The van der Waals surface area contributed by atoms with Gasteiger partial charge in [-0.15, -0.1) is 0 Å². The fraction of sp³-hybridized carbons (Fsp3) is 0.231. The van der Waals surface area contributed by atoms with E-state index in [4.69, 9.17) is 4.74 Å². The number of para-hydroxylation sites is 1. The molecule has 1 atom stereocenters. The first-order chi connectivity index (χ1) is 16.1. The number of hydrogen-bond donors (Lipinski definition) is 1. The Labute approximate surface area is 196 Å². The molecule has 0 spiro atoms. The molecule has 1 N–H and O–H groups in total. The molecule has 2 bridgehead atoms. The quantitative estimate of drug-likeness (QED) is 0.556. The second kappa shape index (κ2) is 9.43. The predicted octanol–water partition coefficient (Wildman–Crippen LogP) is 3.81. The van der Waals surface area contributed by atoms with Crippen molar-refractivity contribution in [1.82, 2.24) is 9.58 Å². The van der Waals surface area contributed by atoms with Crippen LogP contribution in [0.3, 0.4) is 0 Å². The summed E-state index contributed by atoms with van der Waals surface area (Å²) >= 11 is 0. The second-order valence-corrected chi connectivity index (χ2v) is 7.91. The number of rotatable bonds is 1. The minimum atomic E-state index is -0.636. The summed E-state index contributed by atoms with van der Waals surface area (Å²) in [6, 6.07) is 14.9. The van der Waals surface area contributed by atoms with Crippen molar-refractivity contribution in [3.63, 3.8) is 0 Å². The van der Waals surface area contributed by atoms with E-state index in [-0.39, 0.29) is 32.1 Å². The Morgan fingerprint density at radius 3 is 2.59 bits per heavy atom. The minimum absolute atomic E-state index is 0. The first-order valence-corrected chi connectivity index (χ1v) is 10.7. The van der Waals surface area contributed by atoms with Crippen molar-refractivity contribution < 1.29 is 19.0 Å². The molecule has 7 nitrogen and oxygen atoms in total. The molecule has 8 heteroatoms. The number of carbonyl (C=O) groups excluding carboxylic acids is 1. The highest BCUT2D eigenvalue weighted by Crippen LogP contribution is 2.38. The third kappa shape index (κ3) is 3.91. The lowest BCUT2D eigenvalue weighted by Crippen LogP contribution is -2.55. The van der Waals surface area contributed by atoms with Crippen molar-refractivity contribution >= 4 is 5.91 Å². The number of nitrogens with zero attached hydrogens (tertiary/aromatic N) is 3. The summed E-state index contributed by atoms with van der Waals surface area (Å²) in [7, 11) is 0. The van der Waals surface area contributed by atoms with Crippen LogP contribution < -0.4 is 15.2 Å². The molecule has 2 aromatic carbocycles. The predicted molar refractivity (Wildman–Crippen MR) is 127 cm³/mol. The molecule has 176 valence electrons. The largest absolute Gasteiger partial charge is 0.502 e. The fourth-order valence-corrected chi connectivity index (χ4v) is 4.35. The number of halogens is 1. The number of amides is 1. The van der Waals surface area contributed by atoms with Crippen LogP contribution in [0.4, 0.5) is 4.39 Å². The van der Waals surface area contributed by atoms with E-state index in [2.05, 4.69) is 0 Å². The molecule has 2 aliphatic rings. The third-order valence-corrected chi connectivity index (χ3v) is 5.90. The van der Waals surface area contributed by atoms with Crippen LogP contribution in [0.15, 0.2) is 77.7 Å². The van der Waals surface area contributed by atoms with E-state index in [9.17, 15) is 19.1 Å². The third-order valence-electron chi connectivity index (χ3n) is 5.90. The molecule has 0 fully saturated rings. The molecule has 0 radical (unpaired) electrons. The van der Waals surface area contributed by atoms with Crippen LogP contribution in [-0.2, 0) is 0 Å². The maximum absolute atomic E-state index is 15.0. The molecule has 1 aromatic heterocycles. The summed E-state index contributed by atoms with van der Waals surface area (Å²) in [5.41, 5.74) is 0.644. The fourth-order valence-electron chi connectivity index (χ4n) is 4.35. The normalized spacial score (nSPS) is 17.4. The van der Waals surface area contributed by atoms with Gasteiger partial charge in [0, 0.05) is 24.4 Å². The second-order valence-electron chi connectivity index (χ2n) is 7.91. The van der Waals surface area contributed by atoms with Crippen LogP contribution in [0.1, 0.15) is 41.5 Å². The standard InChI is InChI=1S/C25H22FN3O4.CH4/c26-19-11-7-10-18-21(17-8-3-1-4-9-17)29-16-27(13-5-2-6-15-33-24(18)19)25(32)22-23(31)20(30)12-14-28(22)29;/h1-4,6-12,14,21,31H,5,13,15-16H2;1H4/t21-;/m0./s1. The molecule has 0 unspecified atom stereocenters. The van der Waals surface area contributed by atoms with E-state index in [1.165, 1.54) is 23.0 Å². The van der Waals surface area contributed by atoms with Crippen molar-refractivity contribution in [1.29, 1.82) is 0 Å². The Balaban J connectivity index is 0.00000274. The van der Waals surface area contributed by atoms with Gasteiger partial charge in [0.25, 0.3) is 5.91 Å². The molecule has 2 aliphatic heterocycles. The molecule has 0 saturated carbocycles. The number of benzene rings is 2. The smallest absolute Gasteiger partial charge is 0.277 e.